The molecule has 0 fully saturated rings. The second-order valence-corrected chi connectivity index (χ2v) is 6.59. The van der Waals surface area contributed by atoms with Crippen molar-refractivity contribution >= 4 is 11.9 Å². The van der Waals surface area contributed by atoms with Crippen molar-refractivity contribution in [2.75, 3.05) is 0 Å². The predicted molar refractivity (Wildman–Crippen MR) is 96.7 cm³/mol. The van der Waals surface area contributed by atoms with Gasteiger partial charge in [-0.15, -0.1) is 0 Å². The Bertz CT molecular complexity index is 755. The summed E-state index contributed by atoms with van der Waals surface area (Å²) < 4.78 is 0. The monoisotopic (exact) mass is 337 g/mol. The molecular formula is C21H23NO3. The zero-order valence-corrected chi connectivity index (χ0v) is 14.2. The van der Waals surface area contributed by atoms with Crippen LogP contribution in [0.25, 0.3) is 0 Å². The van der Waals surface area contributed by atoms with E-state index in [1.807, 2.05) is 42.5 Å². The molecule has 1 atom stereocenters. The van der Waals surface area contributed by atoms with Crippen molar-refractivity contribution in [3.05, 3.63) is 70.8 Å². The Morgan fingerprint density at radius 1 is 1.04 bits per heavy atom. The summed E-state index contributed by atoms with van der Waals surface area (Å²) in [5.41, 5.74) is 4.24. The molecule has 1 aliphatic carbocycles. The molecule has 0 aliphatic heterocycles. The number of hydrogen-bond acceptors (Lipinski definition) is 2. The highest BCUT2D eigenvalue weighted by Gasteiger charge is 2.21. The Hall–Kier alpha value is -2.62. The minimum absolute atomic E-state index is 0.0463. The summed E-state index contributed by atoms with van der Waals surface area (Å²) in [6.45, 7) is 0. The van der Waals surface area contributed by atoms with Crippen LogP contribution < -0.4 is 5.32 Å². The smallest absolute Gasteiger partial charge is 0.303 e. The summed E-state index contributed by atoms with van der Waals surface area (Å²) in [4.78, 5) is 23.7. The van der Waals surface area contributed by atoms with E-state index in [9.17, 15) is 9.59 Å². The number of amides is 1. The number of nitrogens with one attached hydrogen (secondary N) is 1. The number of benzene rings is 2. The Kier molecular flexibility index (Phi) is 5.49. The minimum atomic E-state index is -0.840. The molecule has 3 rings (SSSR count). The van der Waals surface area contributed by atoms with Crippen molar-refractivity contribution in [2.24, 2.45) is 0 Å². The van der Waals surface area contributed by atoms with Gasteiger partial charge in [-0.1, -0.05) is 42.5 Å². The van der Waals surface area contributed by atoms with Gasteiger partial charge in [0.05, 0.1) is 0 Å². The van der Waals surface area contributed by atoms with Crippen LogP contribution in [0.15, 0.2) is 48.5 Å². The van der Waals surface area contributed by atoms with Gasteiger partial charge in [0, 0.05) is 18.0 Å². The maximum Gasteiger partial charge on any atom is 0.303 e. The number of carbonyl (C=O) groups is 2. The lowest BCUT2D eigenvalue weighted by molar-refractivity contribution is -0.137. The van der Waals surface area contributed by atoms with Gasteiger partial charge in [-0.2, -0.15) is 0 Å². The Labute approximate surface area is 147 Å². The molecule has 0 saturated carbocycles. The molecule has 0 heterocycles. The first-order chi connectivity index (χ1) is 12.1. The standard InChI is InChI=1S/C21H23NO3/c23-20(24)13-12-17(14-15-6-2-1-3-7-15)22-21(25)19-11-5-9-16-8-4-10-18(16)19/h1-3,5-7,9,11,17H,4,8,10,12-14H2,(H,22,25)(H,23,24). The van der Waals surface area contributed by atoms with Gasteiger partial charge in [-0.25, -0.2) is 0 Å². The van der Waals surface area contributed by atoms with E-state index in [0.717, 1.165) is 36.0 Å². The van der Waals surface area contributed by atoms with Gasteiger partial charge >= 0.3 is 5.97 Å². The normalized spacial score (nSPS) is 13.9. The molecule has 0 radical (unpaired) electrons. The van der Waals surface area contributed by atoms with Crippen LogP contribution in [0, 0.1) is 0 Å². The molecule has 1 unspecified atom stereocenters. The minimum Gasteiger partial charge on any atom is -0.481 e. The van der Waals surface area contributed by atoms with Crippen molar-refractivity contribution in [1.82, 2.24) is 5.32 Å². The molecule has 0 aromatic heterocycles. The van der Waals surface area contributed by atoms with Gasteiger partial charge in [-0.3, -0.25) is 9.59 Å². The lowest BCUT2D eigenvalue weighted by Crippen LogP contribution is -2.37. The molecule has 0 saturated heterocycles. The summed E-state index contributed by atoms with van der Waals surface area (Å²) >= 11 is 0. The van der Waals surface area contributed by atoms with E-state index >= 15 is 0 Å². The highest BCUT2D eigenvalue weighted by atomic mass is 16.4. The lowest BCUT2D eigenvalue weighted by atomic mass is 9.99. The summed E-state index contributed by atoms with van der Waals surface area (Å²) in [6.07, 6.45) is 4.16. The highest BCUT2D eigenvalue weighted by molar-refractivity contribution is 5.96. The first kappa shape index (κ1) is 17.2. The molecule has 4 heteroatoms. The third kappa shape index (κ3) is 4.47. The fourth-order valence-corrected chi connectivity index (χ4v) is 3.52. The van der Waals surface area contributed by atoms with Gasteiger partial charge in [0.25, 0.3) is 5.91 Å². The van der Waals surface area contributed by atoms with E-state index in [0.29, 0.717) is 12.8 Å². The van der Waals surface area contributed by atoms with E-state index in [1.165, 1.54) is 5.56 Å². The largest absolute Gasteiger partial charge is 0.481 e. The summed E-state index contributed by atoms with van der Waals surface area (Å²) in [5.74, 6) is -0.932. The quantitative estimate of drug-likeness (QED) is 0.814. The molecule has 130 valence electrons. The van der Waals surface area contributed by atoms with Gasteiger partial charge in [0.1, 0.15) is 0 Å². The number of fused-ring (bicyclic) bond motifs is 1. The van der Waals surface area contributed by atoms with Crippen LogP contribution in [0.2, 0.25) is 0 Å². The maximum atomic E-state index is 12.8. The third-order valence-electron chi connectivity index (χ3n) is 4.76. The van der Waals surface area contributed by atoms with Crippen LogP contribution >= 0.6 is 0 Å². The van der Waals surface area contributed by atoms with Gasteiger partial charge in [0.15, 0.2) is 0 Å². The van der Waals surface area contributed by atoms with Crippen LogP contribution in [0.5, 0.6) is 0 Å². The number of hydrogen-bond donors (Lipinski definition) is 2. The Morgan fingerprint density at radius 2 is 1.84 bits per heavy atom. The lowest BCUT2D eigenvalue weighted by Gasteiger charge is -2.19. The molecule has 1 aliphatic rings. The zero-order valence-electron chi connectivity index (χ0n) is 14.2. The van der Waals surface area contributed by atoms with Gasteiger partial charge in [-0.05, 0) is 54.9 Å². The number of aliphatic carboxylic acids is 1. The van der Waals surface area contributed by atoms with Crippen LogP contribution in [-0.4, -0.2) is 23.0 Å². The number of rotatable bonds is 7. The van der Waals surface area contributed by atoms with Crippen LogP contribution in [-0.2, 0) is 24.1 Å². The highest BCUT2D eigenvalue weighted by Crippen LogP contribution is 2.25. The summed E-state index contributed by atoms with van der Waals surface area (Å²) in [5, 5.41) is 12.1. The zero-order chi connectivity index (χ0) is 17.6. The fraction of sp³-hybridized carbons (Fsp3) is 0.333. The Morgan fingerprint density at radius 3 is 2.60 bits per heavy atom. The second kappa shape index (κ2) is 7.97. The van der Waals surface area contributed by atoms with Crippen LogP contribution in [0.4, 0.5) is 0 Å². The number of carboxylic acids is 1. The molecular weight excluding hydrogens is 314 g/mol. The topological polar surface area (TPSA) is 66.4 Å². The average molecular weight is 337 g/mol. The van der Waals surface area contributed by atoms with Crippen molar-refractivity contribution < 1.29 is 14.7 Å². The molecule has 0 spiro atoms. The molecule has 25 heavy (non-hydrogen) atoms. The second-order valence-electron chi connectivity index (χ2n) is 6.59. The van der Waals surface area contributed by atoms with Crippen LogP contribution in [0.1, 0.15) is 46.3 Å². The average Bonchev–Trinajstić information content (AvgIpc) is 3.09. The summed E-state index contributed by atoms with van der Waals surface area (Å²) in [7, 11) is 0. The number of aryl methyl sites for hydroxylation is 1. The van der Waals surface area contributed by atoms with E-state index in [1.54, 1.807) is 0 Å². The van der Waals surface area contributed by atoms with Gasteiger partial charge < -0.3 is 10.4 Å². The molecule has 2 aromatic carbocycles. The van der Waals surface area contributed by atoms with Crippen molar-refractivity contribution in [2.45, 2.75) is 44.6 Å². The van der Waals surface area contributed by atoms with E-state index in [-0.39, 0.29) is 18.4 Å². The SMILES string of the molecule is O=C(O)CCC(Cc1ccccc1)NC(=O)c1cccc2c1CCC2. The number of carbonyl (C=O) groups excluding carboxylic acids is 1. The van der Waals surface area contributed by atoms with Crippen molar-refractivity contribution in [3.63, 3.8) is 0 Å². The van der Waals surface area contributed by atoms with Crippen molar-refractivity contribution in [3.8, 4) is 0 Å². The van der Waals surface area contributed by atoms with E-state index in [2.05, 4.69) is 11.4 Å². The molecule has 0 bridgehead atoms. The first-order valence-electron chi connectivity index (χ1n) is 8.81. The maximum absolute atomic E-state index is 12.8. The molecule has 2 N–H and O–H groups in total. The first-order valence-corrected chi connectivity index (χ1v) is 8.81. The Balaban J connectivity index is 1.74. The molecule has 1 amide bonds. The molecule has 2 aromatic rings. The van der Waals surface area contributed by atoms with E-state index < -0.39 is 5.97 Å². The fourth-order valence-electron chi connectivity index (χ4n) is 3.52. The number of carboxylic acid groups (broad SMARTS) is 1. The van der Waals surface area contributed by atoms with E-state index in [4.69, 9.17) is 5.11 Å². The third-order valence-corrected chi connectivity index (χ3v) is 4.76. The predicted octanol–water partition coefficient (Wildman–Crippen LogP) is 3.38. The summed E-state index contributed by atoms with van der Waals surface area (Å²) in [6, 6.07) is 15.6. The molecule has 4 nitrogen and oxygen atoms in total. The van der Waals surface area contributed by atoms with Crippen LogP contribution in [0.3, 0.4) is 0 Å². The van der Waals surface area contributed by atoms with Crippen molar-refractivity contribution in [1.29, 1.82) is 0 Å². The van der Waals surface area contributed by atoms with Gasteiger partial charge in [0.2, 0.25) is 0 Å².